The quantitative estimate of drug-likeness (QED) is 0.810. The number of nitrogen functional groups attached to an aromatic ring is 1. The summed E-state index contributed by atoms with van der Waals surface area (Å²) in [5, 5.41) is 3.74. The van der Waals surface area contributed by atoms with Gasteiger partial charge in [0.1, 0.15) is 5.82 Å². The van der Waals surface area contributed by atoms with Crippen LogP contribution in [-0.2, 0) is 6.42 Å². The molecule has 1 atom stereocenters. The largest absolute Gasteiger partial charge is 0.383 e. The molecule has 0 bridgehead atoms. The number of nitrogens with two attached hydrogens (primary N) is 1. The lowest BCUT2D eigenvalue weighted by Crippen LogP contribution is -2.58. The fourth-order valence-corrected chi connectivity index (χ4v) is 3.25. The number of rotatable bonds is 7. The van der Waals surface area contributed by atoms with E-state index in [9.17, 15) is 0 Å². The highest BCUT2D eigenvalue weighted by Gasteiger charge is 2.36. The predicted molar refractivity (Wildman–Crippen MR) is 89.3 cm³/mol. The summed E-state index contributed by atoms with van der Waals surface area (Å²) in [6.45, 7) is 10.4. The molecular formula is C17H30N4. The van der Waals surface area contributed by atoms with Gasteiger partial charge in [0.15, 0.2) is 0 Å². The van der Waals surface area contributed by atoms with Crippen LogP contribution in [0.2, 0.25) is 0 Å². The van der Waals surface area contributed by atoms with E-state index in [4.69, 9.17) is 5.73 Å². The Kier molecular flexibility index (Phi) is 5.59. The number of likely N-dealkylation sites (tertiary alicyclic amines) is 1. The lowest BCUT2D eigenvalue weighted by molar-refractivity contribution is 0.106. The molecule has 21 heavy (non-hydrogen) atoms. The second kappa shape index (κ2) is 7.23. The molecule has 0 saturated carbocycles. The first-order valence-corrected chi connectivity index (χ1v) is 8.23. The maximum atomic E-state index is 6.04. The summed E-state index contributed by atoms with van der Waals surface area (Å²) in [6.07, 6.45) is 6.48. The molecule has 1 aromatic heterocycles. The summed E-state index contributed by atoms with van der Waals surface area (Å²) in [7, 11) is 0. The Bertz CT molecular complexity index is 438. The van der Waals surface area contributed by atoms with Crippen LogP contribution >= 0.6 is 0 Å². The molecule has 1 saturated heterocycles. The number of nitrogens with zero attached hydrogens (tertiary/aromatic N) is 2. The Morgan fingerprint density at radius 3 is 2.71 bits per heavy atom. The molecule has 0 spiro atoms. The minimum Gasteiger partial charge on any atom is -0.383 e. The fourth-order valence-electron chi connectivity index (χ4n) is 3.25. The molecule has 0 amide bonds. The van der Waals surface area contributed by atoms with Gasteiger partial charge in [0.2, 0.25) is 0 Å². The van der Waals surface area contributed by atoms with Crippen molar-refractivity contribution in [1.82, 2.24) is 15.2 Å². The lowest BCUT2D eigenvalue weighted by atomic mass is 9.87. The van der Waals surface area contributed by atoms with E-state index in [1.54, 1.807) is 6.20 Å². The van der Waals surface area contributed by atoms with E-state index >= 15 is 0 Å². The molecule has 2 rings (SSSR count). The zero-order valence-corrected chi connectivity index (χ0v) is 13.7. The van der Waals surface area contributed by atoms with Crippen LogP contribution in [0.1, 0.15) is 45.6 Å². The Balaban J connectivity index is 2.15. The smallest absolute Gasteiger partial charge is 0.126 e. The zero-order chi connectivity index (χ0) is 15.3. The van der Waals surface area contributed by atoms with Crippen LogP contribution in [-0.4, -0.2) is 41.1 Å². The predicted octanol–water partition coefficient (Wildman–Crippen LogP) is 2.45. The van der Waals surface area contributed by atoms with Gasteiger partial charge in [-0.05, 0) is 70.8 Å². The van der Waals surface area contributed by atoms with Crippen LogP contribution in [0.4, 0.5) is 5.82 Å². The van der Waals surface area contributed by atoms with Gasteiger partial charge in [-0.1, -0.05) is 13.0 Å². The molecule has 3 N–H and O–H groups in total. The van der Waals surface area contributed by atoms with Crippen LogP contribution in [0.3, 0.4) is 0 Å². The van der Waals surface area contributed by atoms with Crippen LogP contribution in [0.25, 0.3) is 0 Å². The summed E-state index contributed by atoms with van der Waals surface area (Å²) < 4.78 is 0. The first kappa shape index (κ1) is 16.2. The fraction of sp³-hybridized carbons (Fsp3) is 0.706. The van der Waals surface area contributed by atoms with E-state index < -0.39 is 0 Å². The molecule has 4 nitrogen and oxygen atoms in total. The minimum atomic E-state index is 0.133. The molecule has 1 aliphatic rings. The minimum absolute atomic E-state index is 0.133. The molecule has 0 radical (unpaired) electrons. The highest BCUT2D eigenvalue weighted by Crippen LogP contribution is 2.27. The topological polar surface area (TPSA) is 54.2 Å². The highest BCUT2D eigenvalue weighted by molar-refractivity contribution is 5.39. The summed E-state index contributed by atoms with van der Waals surface area (Å²) in [6, 6.07) is 4.47. The van der Waals surface area contributed by atoms with E-state index in [-0.39, 0.29) is 5.54 Å². The van der Waals surface area contributed by atoms with Crippen molar-refractivity contribution >= 4 is 5.82 Å². The monoisotopic (exact) mass is 290 g/mol. The van der Waals surface area contributed by atoms with Crippen LogP contribution in [0.5, 0.6) is 0 Å². The Hall–Kier alpha value is -1.13. The third-order valence-corrected chi connectivity index (χ3v) is 4.76. The molecule has 1 aromatic rings. The normalized spacial score (nSPS) is 18.0. The van der Waals surface area contributed by atoms with Crippen LogP contribution < -0.4 is 11.1 Å². The highest BCUT2D eigenvalue weighted by atomic mass is 15.2. The summed E-state index contributed by atoms with van der Waals surface area (Å²) in [4.78, 5) is 6.85. The molecule has 1 fully saturated rings. The molecule has 2 heterocycles. The van der Waals surface area contributed by atoms with Gasteiger partial charge < -0.3 is 11.1 Å². The van der Waals surface area contributed by atoms with E-state index in [0.717, 1.165) is 24.9 Å². The Labute approximate surface area is 129 Å². The zero-order valence-electron chi connectivity index (χ0n) is 13.7. The molecule has 118 valence electrons. The van der Waals surface area contributed by atoms with E-state index in [1.165, 1.54) is 25.9 Å². The maximum Gasteiger partial charge on any atom is 0.126 e. The first-order chi connectivity index (χ1) is 10.1. The van der Waals surface area contributed by atoms with Crippen molar-refractivity contribution in [2.45, 2.75) is 58.0 Å². The second-order valence-corrected chi connectivity index (χ2v) is 6.61. The first-order valence-electron chi connectivity index (χ1n) is 8.23. The Morgan fingerprint density at radius 1 is 1.38 bits per heavy atom. The average molecular weight is 290 g/mol. The number of hydrogen-bond acceptors (Lipinski definition) is 4. The van der Waals surface area contributed by atoms with Crippen molar-refractivity contribution in [3.05, 3.63) is 23.9 Å². The van der Waals surface area contributed by atoms with Gasteiger partial charge in [0.05, 0.1) is 0 Å². The van der Waals surface area contributed by atoms with Gasteiger partial charge in [-0.2, -0.15) is 0 Å². The average Bonchev–Trinajstić information content (AvgIpc) is 3.00. The number of anilines is 1. The third-order valence-electron chi connectivity index (χ3n) is 4.76. The van der Waals surface area contributed by atoms with Crippen molar-refractivity contribution in [3.63, 3.8) is 0 Å². The van der Waals surface area contributed by atoms with Crippen molar-refractivity contribution in [2.24, 2.45) is 0 Å². The van der Waals surface area contributed by atoms with Crippen LogP contribution in [0, 0.1) is 0 Å². The van der Waals surface area contributed by atoms with Crippen molar-refractivity contribution in [2.75, 3.05) is 25.4 Å². The van der Waals surface area contributed by atoms with E-state index in [2.05, 4.69) is 42.0 Å². The van der Waals surface area contributed by atoms with Crippen molar-refractivity contribution in [3.8, 4) is 0 Å². The lowest BCUT2D eigenvalue weighted by Gasteiger charge is -2.43. The SMILES string of the molecule is CCCNC(Cc1cccnc1N)C(C)(C)N1CCCC1. The standard InChI is InChI=1S/C17H30N4/c1-4-9-19-15(13-14-8-7-10-20-16(14)18)17(2,3)21-11-5-6-12-21/h7-8,10,15,19H,4-6,9,11-13H2,1-3H3,(H2,18,20). The Morgan fingerprint density at radius 2 is 2.10 bits per heavy atom. The molecule has 0 aliphatic carbocycles. The molecule has 4 heteroatoms. The summed E-state index contributed by atoms with van der Waals surface area (Å²) >= 11 is 0. The van der Waals surface area contributed by atoms with Crippen LogP contribution in [0.15, 0.2) is 18.3 Å². The molecule has 1 unspecified atom stereocenters. The molecule has 0 aromatic carbocycles. The van der Waals surface area contributed by atoms with Crippen molar-refractivity contribution in [1.29, 1.82) is 0 Å². The summed E-state index contributed by atoms with van der Waals surface area (Å²) in [5.74, 6) is 0.665. The van der Waals surface area contributed by atoms with Gasteiger partial charge in [-0.15, -0.1) is 0 Å². The maximum absolute atomic E-state index is 6.04. The number of pyridine rings is 1. The van der Waals surface area contributed by atoms with Gasteiger partial charge >= 0.3 is 0 Å². The number of aromatic nitrogens is 1. The molecule has 1 aliphatic heterocycles. The second-order valence-electron chi connectivity index (χ2n) is 6.61. The number of nitrogens with one attached hydrogen (secondary N) is 1. The van der Waals surface area contributed by atoms with Gasteiger partial charge in [0.25, 0.3) is 0 Å². The van der Waals surface area contributed by atoms with E-state index in [1.807, 2.05) is 6.07 Å². The van der Waals surface area contributed by atoms with E-state index in [0.29, 0.717) is 11.9 Å². The molecular weight excluding hydrogens is 260 g/mol. The van der Waals surface area contributed by atoms with Crippen molar-refractivity contribution < 1.29 is 0 Å². The van der Waals surface area contributed by atoms with Gasteiger partial charge in [-0.3, -0.25) is 4.90 Å². The van der Waals surface area contributed by atoms with Gasteiger partial charge in [-0.25, -0.2) is 4.98 Å². The summed E-state index contributed by atoms with van der Waals surface area (Å²) in [5.41, 5.74) is 7.33. The third kappa shape index (κ3) is 3.95. The van der Waals surface area contributed by atoms with Gasteiger partial charge in [0, 0.05) is 17.8 Å². The number of hydrogen-bond donors (Lipinski definition) is 2.